The third kappa shape index (κ3) is 4.57. The third-order valence-corrected chi connectivity index (χ3v) is 3.53. The second-order valence-corrected chi connectivity index (χ2v) is 4.75. The number of rotatable bonds is 4. The van der Waals surface area contributed by atoms with Gasteiger partial charge in [0.1, 0.15) is 5.75 Å². The fraction of sp³-hybridized carbons (Fsp3) is 0.571. The van der Waals surface area contributed by atoms with E-state index in [0.717, 1.165) is 30.7 Å². The van der Waals surface area contributed by atoms with E-state index in [1.165, 1.54) is 25.7 Å². The highest BCUT2D eigenvalue weighted by Crippen LogP contribution is 2.28. The van der Waals surface area contributed by atoms with Crippen LogP contribution in [0.2, 0.25) is 0 Å². The molecule has 0 spiro atoms. The molecule has 0 atom stereocenters. The van der Waals surface area contributed by atoms with E-state index in [4.69, 9.17) is 10.5 Å². The van der Waals surface area contributed by atoms with Crippen LogP contribution in [0, 0.1) is 11.8 Å². The highest BCUT2D eigenvalue weighted by atomic mass is 35.5. The fourth-order valence-corrected chi connectivity index (χ4v) is 2.36. The molecule has 2 rings (SSSR count). The van der Waals surface area contributed by atoms with Gasteiger partial charge in [-0.15, -0.1) is 12.4 Å². The third-order valence-electron chi connectivity index (χ3n) is 3.53. The normalized spacial score (nSPS) is 23.8. The molecule has 0 amide bonds. The van der Waals surface area contributed by atoms with Crippen molar-refractivity contribution in [3.63, 3.8) is 0 Å². The van der Waals surface area contributed by atoms with Crippen molar-refractivity contribution < 1.29 is 4.74 Å². The number of benzene rings is 1. The van der Waals surface area contributed by atoms with Crippen LogP contribution < -0.4 is 10.5 Å². The molecule has 2 nitrogen and oxygen atoms in total. The number of nitrogens with two attached hydrogens (primary N) is 1. The van der Waals surface area contributed by atoms with Crippen molar-refractivity contribution in [2.45, 2.75) is 25.7 Å². The first kappa shape index (κ1) is 14.3. The van der Waals surface area contributed by atoms with Gasteiger partial charge < -0.3 is 10.5 Å². The van der Waals surface area contributed by atoms with Crippen molar-refractivity contribution in [3.8, 4) is 5.75 Å². The second kappa shape index (κ2) is 7.57. The quantitative estimate of drug-likeness (QED) is 0.896. The summed E-state index contributed by atoms with van der Waals surface area (Å²) in [5.41, 5.74) is 5.68. The zero-order valence-corrected chi connectivity index (χ0v) is 11.0. The van der Waals surface area contributed by atoms with Gasteiger partial charge in [0.05, 0.1) is 6.61 Å². The number of hydrogen-bond acceptors (Lipinski definition) is 2. The van der Waals surface area contributed by atoms with Crippen LogP contribution in [-0.2, 0) is 0 Å². The molecule has 0 heterocycles. The molecule has 1 saturated carbocycles. The molecule has 96 valence electrons. The van der Waals surface area contributed by atoms with Crippen LogP contribution in [0.4, 0.5) is 0 Å². The van der Waals surface area contributed by atoms with E-state index in [0.29, 0.717) is 0 Å². The predicted octanol–water partition coefficient (Wildman–Crippen LogP) is 3.25. The van der Waals surface area contributed by atoms with Crippen molar-refractivity contribution in [1.29, 1.82) is 0 Å². The van der Waals surface area contributed by atoms with E-state index in [2.05, 4.69) is 0 Å². The maximum atomic E-state index is 5.78. The topological polar surface area (TPSA) is 35.2 Å². The summed E-state index contributed by atoms with van der Waals surface area (Å²) in [4.78, 5) is 0. The van der Waals surface area contributed by atoms with Gasteiger partial charge in [0.2, 0.25) is 0 Å². The van der Waals surface area contributed by atoms with Gasteiger partial charge in [-0.3, -0.25) is 0 Å². The fourth-order valence-electron chi connectivity index (χ4n) is 2.36. The molecule has 17 heavy (non-hydrogen) atoms. The van der Waals surface area contributed by atoms with Gasteiger partial charge in [-0.1, -0.05) is 18.2 Å². The molecule has 2 N–H and O–H groups in total. The molecule has 1 aliphatic carbocycles. The Morgan fingerprint density at radius 2 is 1.59 bits per heavy atom. The Morgan fingerprint density at radius 3 is 2.18 bits per heavy atom. The van der Waals surface area contributed by atoms with Gasteiger partial charge in [-0.25, -0.2) is 0 Å². The van der Waals surface area contributed by atoms with E-state index < -0.39 is 0 Å². The van der Waals surface area contributed by atoms with Gasteiger partial charge in [0, 0.05) is 0 Å². The Hall–Kier alpha value is -0.730. The molecule has 0 saturated heterocycles. The lowest BCUT2D eigenvalue weighted by atomic mass is 9.82. The van der Waals surface area contributed by atoms with Gasteiger partial charge in [-0.2, -0.15) is 0 Å². The first-order chi connectivity index (χ1) is 7.88. The highest BCUT2D eigenvalue weighted by molar-refractivity contribution is 5.85. The van der Waals surface area contributed by atoms with Crippen molar-refractivity contribution in [3.05, 3.63) is 30.3 Å². The molecule has 1 aromatic carbocycles. The van der Waals surface area contributed by atoms with Crippen LogP contribution in [0.3, 0.4) is 0 Å². The van der Waals surface area contributed by atoms with Crippen LogP contribution in [-0.4, -0.2) is 13.2 Å². The van der Waals surface area contributed by atoms with Crippen molar-refractivity contribution >= 4 is 12.4 Å². The van der Waals surface area contributed by atoms with E-state index in [-0.39, 0.29) is 12.4 Å². The Labute approximate surface area is 110 Å². The molecule has 1 aromatic rings. The van der Waals surface area contributed by atoms with E-state index in [1.807, 2.05) is 30.3 Å². The molecular weight excluding hydrogens is 234 g/mol. The predicted molar refractivity (Wildman–Crippen MR) is 73.7 cm³/mol. The first-order valence-electron chi connectivity index (χ1n) is 6.26. The van der Waals surface area contributed by atoms with Gasteiger partial charge >= 0.3 is 0 Å². The van der Waals surface area contributed by atoms with E-state index in [9.17, 15) is 0 Å². The van der Waals surface area contributed by atoms with E-state index in [1.54, 1.807) is 0 Å². The lowest BCUT2D eigenvalue weighted by molar-refractivity contribution is 0.185. The maximum absolute atomic E-state index is 5.78. The average molecular weight is 256 g/mol. The number of halogens is 1. The lowest BCUT2D eigenvalue weighted by Gasteiger charge is -2.27. The van der Waals surface area contributed by atoms with Gasteiger partial charge in [0.15, 0.2) is 0 Å². The lowest BCUT2D eigenvalue weighted by Crippen LogP contribution is -2.24. The smallest absolute Gasteiger partial charge is 0.119 e. The molecular formula is C14H22ClNO. The molecule has 1 aliphatic rings. The van der Waals surface area contributed by atoms with Crippen molar-refractivity contribution in [1.82, 2.24) is 0 Å². The highest BCUT2D eigenvalue weighted by Gasteiger charge is 2.20. The zero-order chi connectivity index (χ0) is 11.2. The summed E-state index contributed by atoms with van der Waals surface area (Å²) >= 11 is 0. The summed E-state index contributed by atoms with van der Waals surface area (Å²) in [5, 5.41) is 0. The molecule has 0 radical (unpaired) electrons. The summed E-state index contributed by atoms with van der Waals surface area (Å²) in [6.07, 6.45) is 5.10. The minimum atomic E-state index is 0. The summed E-state index contributed by atoms with van der Waals surface area (Å²) in [5.74, 6) is 2.47. The van der Waals surface area contributed by atoms with Crippen LogP contribution in [0.15, 0.2) is 30.3 Å². The summed E-state index contributed by atoms with van der Waals surface area (Å²) < 4.78 is 5.78. The van der Waals surface area contributed by atoms with Gasteiger partial charge in [-0.05, 0) is 56.2 Å². The SMILES string of the molecule is Cl.NCC1CCC(COc2ccccc2)CC1. The Balaban J connectivity index is 0.00000144. The number of para-hydroxylation sites is 1. The van der Waals surface area contributed by atoms with Crippen molar-refractivity contribution in [2.75, 3.05) is 13.2 Å². The number of ether oxygens (including phenoxy) is 1. The van der Waals surface area contributed by atoms with E-state index >= 15 is 0 Å². The monoisotopic (exact) mass is 255 g/mol. The average Bonchev–Trinajstić information content (AvgIpc) is 2.38. The summed E-state index contributed by atoms with van der Waals surface area (Å²) in [6.45, 7) is 1.72. The Bertz CT molecular complexity index is 296. The maximum Gasteiger partial charge on any atom is 0.119 e. The second-order valence-electron chi connectivity index (χ2n) is 4.75. The summed E-state index contributed by atoms with van der Waals surface area (Å²) in [6, 6.07) is 10.1. The van der Waals surface area contributed by atoms with Crippen molar-refractivity contribution in [2.24, 2.45) is 17.6 Å². The molecule has 0 aromatic heterocycles. The van der Waals surface area contributed by atoms with Gasteiger partial charge in [0.25, 0.3) is 0 Å². The van der Waals surface area contributed by atoms with Crippen LogP contribution in [0.5, 0.6) is 5.75 Å². The minimum absolute atomic E-state index is 0. The molecule has 1 fully saturated rings. The Morgan fingerprint density at radius 1 is 1.00 bits per heavy atom. The largest absolute Gasteiger partial charge is 0.493 e. The van der Waals surface area contributed by atoms with Crippen LogP contribution in [0.1, 0.15) is 25.7 Å². The minimum Gasteiger partial charge on any atom is -0.493 e. The van der Waals surface area contributed by atoms with Crippen LogP contribution in [0.25, 0.3) is 0 Å². The number of hydrogen-bond donors (Lipinski definition) is 1. The standard InChI is InChI=1S/C14H21NO.ClH/c15-10-12-6-8-13(9-7-12)11-16-14-4-2-1-3-5-14;/h1-5,12-13H,6-11,15H2;1H. The molecule has 0 unspecified atom stereocenters. The molecule has 0 bridgehead atoms. The first-order valence-corrected chi connectivity index (χ1v) is 6.26. The Kier molecular flexibility index (Phi) is 6.38. The van der Waals surface area contributed by atoms with Crippen LogP contribution >= 0.6 is 12.4 Å². The molecule has 0 aliphatic heterocycles. The molecule has 3 heteroatoms. The zero-order valence-electron chi connectivity index (χ0n) is 10.2. The summed E-state index contributed by atoms with van der Waals surface area (Å²) in [7, 11) is 0.